The highest BCUT2D eigenvalue weighted by Crippen LogP contribution is 2.60. The molecule has 0 aromatic heterocycles. The Balaban J connectivity index is 1.17. The number of carbonyl (C=O) groups excluding carboxylic acids is 4. The molecule has 398 valence electrons. The van der Waals surface area contributed by atoms with Crippen molar-refractivity contribution < 1.29 is 64.5 Å². The molecule has 0 heterocycles. The van der Waals surface area contributed by atoms with E-state index in [0.29, 0.717) is 72.3 Å². The molecule has 0 fully saturated rings. The molecule has 2 atom stereocenters. The highest BCUT2D eigenvalue weighted by atomic mass is 19.4. The molecule has 0 saturated heterocycles. The number of alkyl halides is 6. The Morgan fingerprint density at radius 3 is 1.13 bits per heavy atom. The predicted molar refractivity (Wildman–Crippen MR) is 286 cm³/mol. The highest BCUT2D eigenvalue weighted by molar-refractivity contribution is 5.94. The summed E-state index contributed by atoms with van der Waals surface area (Å²) in [6.45, 7) is 25.3. The van der Waals surface area contributed by atoms with Gasteiger partial charge in [0.15, 0.2) is 0 Å². The van der Waals surface area contributed by atoms with E-state index in [1.54, 1.807) is 72.8 Å². The summed E-state index contributed by atoms with van der Waals surface area (Å²) in [7, 11) is 0. The van der Waals surface area contributed by atoms with Gasteiger partial charge in [-0.1, -0.05) is 112 Å². The number of fused-ring (bicyclic) bond motifs is 9. The minimum absolute atomic E-state index is 0.0147. The third kappa shape index (κ3) is 8.76. The molecule has 0 saturated carbocycles. The number of carbonyl (C=O) groups is 4. The molecule has 0 amide bonds. The van der Waals surface area contributed by atoms with Crippen LogP contribution in [-0.2, 0) is 61.0 Å². The van der Waals surface area contributed by atoms with Crippen LogP contribution in [0, 0.1) is 0 Å². The Morgan fingerprint density at radius 1 is 0.423 bits per heavy atom. The number of hydrogen-bond donors (Lipinski definition) is 0. The smallest absolute Gasteiger partial charge is 0.402 e. The van der Waals surface area contributed by atoms with Gasteiger partial charge in [-0.05, 0) is 166 Å². The van der Waals surface area contributed by atoms with Crippen LogP contribution in [0.5, 0.6) is 0 Å². The van der Waals surface area contributed by atoms with Gasteiger partial charge < -0.3 is 18.9 Å². The van der Waals surface area contributed by atoms with Gasteiger partial charge in [0.05, 0.1) is 5.41 Å². The van der Waals surface area contributed by atoms with Gasteiger partial charge in [-0.15, -0.1) is 0 Å². The molecule has 78 heavy (non-hydrogen) atoms. The number of halogens is 6. The highest BCUT2D eigenvalue weighted by Gasteiger charge is 2.60. The zero-order chi connectivity index (χ0) is 56.8. The van der Waals surface area contributed by atoms with Crippen LogP contribution in [0.3, 0.4) is 0 Å². The lowest BCUT2D eigenvalue weighted by Gasteiger charge is -2.32. The molecule has 6 aromatic carbocycles. The molecule has 14 heteroatoms. The molecular formula is C64H52F6O8. The molecule has 0 bridgehead atoms. The first-order valence-electron chi connectivity index (χ1n) is 24.6. The Morgan fingerprint density at radius 2 is 0.744 bits per heavy atom. The van der Waals surface area contributed by atoms with Gasteiger partial charge in [0.1, 0.15) is 36.4 Å². The molecule has 2 unspecified atom stereocenters. The van der Waals surface area contributed by atoms with Gasteiger partial charge >= 0.3 is 36.2 Å². The molecule has 3 aliphatic carbocycles. The van der Waals surface area contributed by atoms with Crippen molar-refractivity contribution in [2.75, 3.05) is 13.2 Å². The van der Waals surface area contributed by atoms with Crippen molar-refractivity contribution in [3.8, 4) is 55.6 Å². The van der Waals surface area contributed by atoms with Crippen molar-refractivity contribution >= 4 is 29.6 Å². The average molecular weight is 1060 g/mol. The normalized spacial score (nSPS) is 17.0. The number of benzene rings is 6. The van der Waals surface area contributed by atoms with Gasteiger partial charge in [-0.3, -0.25) is 0 Å². The second-order valence-corrected chi connectivity index (χ2v) is 20.7. The molecule has 3 aliphatic rings. The van der Waals surface area contributed by atoms with Crippen molar-refractivity contribution in [2.24, 2.45) is 0 Å². The fourth-order valence-corrected chi connectivity index (χ4v) is 10.7. The van der Waals surface area contributed by atoms with Gasteiger partial charge in [0, 0.05) is 27.9 Å². The van der Waals surface area contributed by atoms with E-state index in [0.717, 1.165) is 13.8 Å². The molecule has 0 radical (unpaired) electrons. The first-order valence-corrected chi connectivity index (χ1v) is 24.6. The van der Waals surface area contributed by atoms with Crippen LogP contribution >= 0.6 is 0 Å². The van der Waals surface area contributed by atoms with Crippen molar-refractivity contribution in [2.45, 2.75) is 76.7 Å². The third-order valence-corrected chi connectivity index (χ3v) is 15.2. The fourth-order valence-electron chi connectivity index (χ4n) is 10.7. The van der Waals surface area contributed by atoms with Crippen molar-refractivity contribution in [1.82, 2.24) is 0 Å². The van der Waals surface area contributed by atoms with Crippen molar-refractivity contribution in [3.63, 3.8) is 0 Å². The zero-order valence-electron chi connectivity index (χ0n) is 43.6. The first-order chi connectivity index (χ1) is 36.5. The molecule has 6 aromatic rings. The van der Waals surface area contributed by atoms with E-state index in [1.807, 2.05) is 0 Å². The second-order valence-electron chi connectivity index (χ2n) is 20.7. The van der Waals surface area contributed by atoms with Gasteiger partial charge in [0.25, 0.3) is 0 Å². The summed E-state index contributed by atoms with van der Waals surface area (Å²) >= 11 is 0. The maximum Gasteiger partial charge on any atom is 0.402 e. The van der Waals surface area contributed by atoms with E-state index in [4.69, 9.17) is 18.9 Å². The van der Waals surface area contributed by atoms with Crippen LogP contribution in [0.2, 0.25) is 0 Å². The number of ether oxygens (including phenoxy) is 4. The third-order valence-electron chi connectivity index (χ3n) is 15.2. The monoisotopic (exact) mass is 1060 g/mol. The molecule has 8 nitrogen and oxygen atoms in total. The van der Waals surface area contributed by atoms with E-state index < -0.39 is 65.7 Å². The van der Waals surface area contributed by atoms with E-state index >= 15 is 26.3 Å². The molecule has 9 rings (SSSR count). The standard InChI is InChI=1S/C64H52F6O8/c1-33(2)56(71)75-30-38-12-18-44-46-20-14-40(26-52(46)60(10,50(44)24-38)63(65,66)67)42-16-22-48-49-23-17-43(29-55(49)62(54(48)28-42,31-76-57(72)34(3)4)32-77-58(73)35(5)6)41-15-21-47-45-19-13-39(37(9)78-59(74)36(7)8)25-51(45)61(11,53(47)27-41)64(68,69)70/h12-29H,1,3,5,7,9,30-32H2,2,4,6,8,10-11H3. The SMILES string of the molecule is C=C(C)C(=O)OCc1ccc2c(c1)C(C)(C(F)(F)F)c1cc(-c3ccc4c(c3)C(COC(=O)C(=C)C)(COC(=O)C(=C)C)c3cc(-c5ccc6c(c5)C(C)(C(F)(F)F)c5cc(C(=C)OC(=O)C(=C)C)ccc5-6)ccc3-4)ccc1-2. The van der Waals surface area contributed by atoms with Crippen molar-refractivity contribution in [3.05, 3.63) is 209 Å². The number of hydrogen-bond acceptors (Lipinski definition) is 8. The molecule has 0 spiro atoms. The molecular weight excluding hydrogens is 1010 g/mol. The lowest BCUT2D eigenvalue weighted by molar-refractivity contribution is -0.172. The van der Waals surface area contributed by atoms with E-state index in [9.17, 15) is 19.2 Å². The summed E-state index contributed by atoms with van der Waals surface area (Å²) < 4.78 is 117. The van der Waals surface area contributed by atoms with Gasteiger partial charge in [-0.25, -0.2) is 19.2 Å². The minimum Gasteiger partial charge on any atom is -0.461 e. The summed E-state index contributed by atoms with van der Waals surface area (Å²) in [6.07, 6.45) is -9.62. The summed E-state index contributed by atoms with van der Waals surface area (Å²) in [5, 5.41) is 0. The maximum absolute atomic E-state index is 15.7. The van der Waals surface area contributed by atoms with Crippen LogP contribution in [0.4, 0.5) is 26.3 Å². The second kappa shape index (κ2) is 19.2. The lowest BCUT2D eigenvalue weighted by atomic mass is 9.76. The summed E-state index contributed by atoms with van der Waals surface area (Å²) in [5.74, 6) is -3.15. The van der Waals surface area contributed by atoms with Crippen LogP contribution in [0.1, 0.15) is 86.1 Å². The predicted octanol–water partition coefficient (Wildman–Crippen LogP) is 14.9. The maximum atomic E-state index is 15.7. The topological polar surface area (TPSA) is 105 Å². The Hall–Kier alpha value is -8.52. The van der Waals surface area contributed by atoms with E-state index in [-0.39, 0.29) is 62.5 Å². The van der Waals surface area contributed by atoms with Crippen LogP contribution in [0.15, 0.2) is 164 Å². The number of rotatable bonds is 14. The fraction of sp³-hybridized carbons (Fsp3) is 0.219. The summed E-state index contributed by atoms with van der Waals surface area (Å²) in [5.41, 5.74) is -0.624. The Bertz CT molecular complexity index is 3660. The average Bonchev–Trinajstić information content (AvgIpc) is 4.17. The minimum atomic E-state index is -4.83. The zero-order valence-corrected chi connectivity index (χ0v) is 43.6. The number of esters is 4. The van der Waals surface area contributed by atoms with Gasteiger partial charge in [-0.2, -0.15) is 26.3 Å². The van der Waals surface area contributed by atoms with Crippen LogP contribution < -0.4 is 0 Å². The summed E-state index contributed by atoms with van der Waals surface area (Å²) in [4.78, 5) is 51.2. The van der Waals surface area contributed by atoms with Crippen molar-refractivity contribution in [1.29, 1.82) is 0 Å². The van der Waals surface area contributed by atoms with Crippen LogP contribution in [-0.4, -0.2) is 49.4 Å². The van der Waals surface area contributed by atoms with E-state index in [1.165, 1.54) is 64.1 Å². The first kappa shape index (κ1) is 54.3. The largest absolute Gasteiger partial charge is 0.461 e. The lowest BCUT2D eigenvalue weighted by Crippen LogP contribution is -2.39. The molecule has 0 aliphatic heterocycles. The quantitative estimate of drug-likeness (QED) is 0.0349. The Labute approximate surface area is 447 Å². The van der Waals surface area contributed by atoms with E-state index in [2.05, 4.69) is 32.9 Å². The van der Waals surface area contributed by atoms with Gasteiger partial charge in [0.2, 0.25) is 0 Å². The summed E-state index contributed by atoms with van der Waals surface area (Å²) in [6, 6.07) is 29.1. The van der Waals surface area contributed by atoms with Crippen LogP contribution in [0.25, 0.3) is 61.4 Å². The molecule has 0 N–H and O–H groups in total. The Kier molecular flexibility index (Phi) is 13.4.